The van der Waals surface area contributed by atoms with Crippen molar-refractivity contribution >= 4 is 0 Å². The number of ether oxygens (including phenoxy) is 1. The first-order valence-electron chi connectivity index (χ1n) is 4.70. The lowest BCUT2D eigenvalue weighted by molar-refractivity contribution is 0.114. The Kier molecular flexibility index (Phi) is 76.2. The number of hydrogen-bond donors (Lipinski definition) is 0. The van der Waals surface area contributed by atoms with Crippen molar-refractivity contribution in [2.24, 2.45) is 11.8 Å². The molecule has 0 fully saturated rings. The molecule has 1 heteroatoms. The maximum Gasteiger partial charge on any atom is 0.0468 e. The standard InChI is InChI=1S/C10H22O.6CH4/c1-9(2)5-7-11-8-6-10(3)4;;;;;;/h9-10H,5-8H2,1-4H3;6*1H4. The van der Waals surface area contributed by atoms with E-state index in [1.54, 1.807) is 0 Å². The van der Waals surface area contributed by atoms with E-state index >= 15 is 0 Å². The Labute approximate surface area is 115 Å². The summed E-state index contributed by atoms with van der Waals surface area (Å²) in [5.74, 6) is 1.54. The van der Waals surface area contributed by atoms with Crippen molar-refractivity contribution in [3.8, 4) is 0 Å². The Balaban J connectivity index is -0.0000000333. The second kappa shape index (κ2) is 29.7. The molecule has 0 amide bonds. The van der Waals surface area contributed by atoms with Gasteiger partial charge in [0.05, 0.1) is 0 Å². The summed E-state index contributed by atoms with van der Waals surface area (Å²) in [5, 5.41) is 0. The average Bonchev–Trinajstić information content (AvgIpc) is 1.85. The summed E-state index contributed by atoms with van der Waals surface area (Å²) < 4.78 is 5.46. The third-order valence-corrected chi connectivity index (χ3v) is 1.68. The molecule has 0 rings (SSSR count). The van der Waals surface area contributed by atoms with Crippen LogP contribution in [0.2, 0.25) is 0 Å². The van der Waals surface area contributed by atoms with Crippen LogP contribution in [0.25, 0.3) is 0 Å². The zero-order valence-electron chi connectivity index (χ0n) is 8.39. The Hall–Kier alpha value is -0.0400. The molecule has 0 bridgehead atoms. The largest absolute Gasteiger partial charge is 0.381 e. The van der Waals surface area contributed by atoms with Crippen LogP contribution in [0.5, 0.6) is 0 Å². The highest BCUT2D eigenvalue weighted by molar-refractivity contribution is 4.45. The predicted molar refractivity (Wildman–Crippen MR) is 90.1 cm³/mol. The fourth-order valence-corrected chi connectivity index (χ4v) is 0.740. The first-order valence-corrected chi connectivity index (χ1v) is 4.70. The van der Waals surface area contributed by atoms with Gasteiger partial charge in [0.25, 0.3) is 0 Å². The molecular formula is C16H46O. The van der Waals surface area contributed by atoms with Crippen molar-refractivity contribution in [3.63, 3.8) is 0 Å². The minimum Gasteiger partial charge on any atom is -0.381 e. The van der Waals surface area contributed by atoms with Crippen LogP contribution in [-0.4, -0.2) is 13.2 Å². The second-order valence-electron chi connectivity index (χ2n) is 3.98. The highest BCUT2D eigenvalue weighted by Crippen LogP contribution is 2.02. The van der Waals surface area contributed by atoms with E-state index in [-0.39, 0.29) is 44.6 Å². The molecule has 0 saturated carbocycles. The van der Waals surface area contributed by atoms with Crippen LogP contribution in [0.1, 0.15) is 85.1 Å². The zero-order chi connectivity index (χ0) is 8.69. The molecule has 0 aliphatic carbocycles. The van der Waals surface area contributed by atoms with Gasteiger partial charge in [-0.15, -0.1) is 0 Å². The van der Waals surface area contributed by atoms with E-state index in [1.807, 2.05) is 0 Å². The van der Waals surface area contributed by atoms with Crippen LogP contribution in [-0.2, 0) is 4.74 Å². The fraction of sp³-hybridized carbons (Fsp3) is 1.00. The van der Waals surface area contributed by atoms with E-state index in [9.17, 15) is 0 Å². The first-order chi connectivity index (χ1) is 5.13. The van der Waals surface area contributed by atoms with Gasteiger partial charge in [-0.05, 0) is 24.7 Å². The van der Waals surface area contributed by atoms with E-state index in [0.29, 0.717) is 0 Å². The van der Waals surface area contributed by atoms with Crippen molar-refractivity contribution in [1.29, 1.82) is 0 Å². The lowest BCUT2D eigenvalue weighted by Gasteiger charge is -2.07. The van der Waals surface area contributed by atoms with Crippen molar-refractivity contribution in [1.82, 2.24) is 0 Å². The lowest BCUT2D eigenvalue weighted by Crippen LogP contribution is -2.02. The van der Waals surface area contributed by atoms with Crippen molar-refractivity contribution < 1.29 is 4.74 Å². The van der Waals surface area contributed by atoms with Crippen LogP contribution >= 0.6 is 0 Å². The van der Waals surface area contributed by atoms with E-state index in [4.69, 9.17) is 4.74 Å². The van der Waals surface area contributed by atoms with E-state index in [0.717, 1.165) is 25.0 Å². The summed E-state index contributed by atoms with van der Waals surface area (Å²) in [6.45, 7) is 10.8. The van der Waals surface area contributed by atoms with Gasteiger partial charge in [0, 0.05) is 13.2 Å². The zero-order valence-corrected chi connectivity index (χ0v) is 8.39. The van der Waals surface area contributed by atoms with Gasteiger partial charge < -0.3 is 4.74 Å². The van der Waals surface area contributed by atoms with Gasteiger partial charge in [-0.2, -0.15) is 0 Å². The Morgan fingerprint density at radius 2 is 0.824 bits per heavy atom. The van der Waals surface area contributed by atoms with Crippen LogP contribution in [0.4, 0.5) is 0 Å². The normalized spacial score (nSPS) is 7.41. The van der Waals surface area contributed by atoms with Crippen LogP contribution in [0.15, 0.2) is 0 Å². The molecule has 0 unspecified atom stereocenters. The topological polar surface area (TPSA) is 9.23 Å². The highest BCUT2D eigenvalue weighted by Gasteiger charge is 1.95. The van der Waals surface area contributed by atoms with Gasteiger partial charge in [-0.3, -0.25) is 0 Å². The summed E-state index contributed by atoms with van der Waals surface area (Å²) in [6.07, 6.45) is 2.39. The Bertz CT molecular complexity index is 67.6. The first kappa shape index (κ1) is 43.5. The van der Waals surface area contributed by atoms with Gasteiger partial charge in [0.15, 0.2) is 0 Å². The average molecular weight is 255 g/mol. The van der Waals surface area contributed by atoms with Crippen LogP contribution in [0, 0.1) is 11.8 Å². The third-order valence-electron chi connectivity index (χ3n) is 1.68. The molecule has 0 atom stereocenters. The second-order valence-corrected chi connectivity index (χ2v) is 3.98. The molecule has 0 aliphatic heterocycles. The monoisotopic (exact) mass is 254 g/mol. The molecule has 0 N–H and O–H groups in total. The molecule has 0 aromatic rings. The quantitative estimate of drug-likeness (QED) is 0.468. The smallest absolute Gasteiger partial charge is 0.0468 e. The molecule has 0 aliphatic rings. The van der Waals surface area contributed by atoms with Crippen LogP contribution in [0.3, 0.4) is 0 Å². The Morgan fingerprint density at radius 3 is 1.00 bits per heavy atom. The number of hydrogen-bond acceptors (Lipinski definition) is 1. The minimum absolute atomic E-state index is 0. The van der Waals surface area contributed by atoms with Crippen molar-refractivity contribution in [3.05, 3.63) is 0 Å². The molecule has 116 valence electrons. The molecule has 0 aromatic carbocycles. The summed E-state index contributed by atoms with van der Waals surface area (Å²) in [5.41, 5.74) is 0. The van der Waals surface area contributed by atoms with E-state index in [1.165, 1.54) is 12.8 Å². The van der Waals surface area contributed by atoms with Gasteiger partial charge in [-0.25, -0.2) is 0 Å². The molecule has 0 heterocycles. The molecule has 1 nitrogen and oxygen atoms in total. The van der Waals surface area contributed by atoms with Gasteiger partial charge >= 0.3 is 0 Å². The highest BCUT2D eigenvalue weighted by atomic mass is 16.5. The SMILES string of the molecule is C.C.C.C.C.C.CC(C)CCOCCC(C)C. The maximum atomic E-state index is 5.46. The summed E-state index contributed by atoms with van der Waals surface area (Å²) >= 11 is 0. The van der Waals surface area contributed by atoms with E-state index in [2.05, 4.69) is 27.7 Å². The predicted octanol–water partition coefficient (Wildman–Crippen LogP) is 6.91. The van der Waals surface area contributed by atoms with Gasteiger partial charge in [-0.1, -0.05) is 72.3 Å². The number of rotatable bonds is 6. The van der Waals surface area contributed by atoms with Crippen molar-refractivity contribution in [2.45, 2.75) is 85.1 Å². The van der Waals surface area contributed by atoms with Crippen molar-refractivity contribution in [2.75, 3.05) is 13.2 Å². The van der Waals surface area contributed by atoms with Gasteiger partial charge in [0.2, 0.25) is 0 Å². The fourth-order valence-electron chi connectivity index (χ4n) is 0.740. The molecule has 17 heavy (non-hydrogen) atoms. The molecule has 0 saturated heterocycles. The summed E-state index contributed by atoms with van der Waals surface area (Å²) in [6, 6.07) is 0. The van der Waals surface area contributed by atoms with E-state index < -0.39 is 0 Å². The Morgan fingerprint density at radius 1 is 0.588 bits per heavy atom. The maximum absolute atomic E-state index is 5.46. The van der Waals surface area contributed by atoms with Gasteiger partial charge in [0.1, 0.15) is 0 Å². The molecule has 0 radical (unpaired) electrons. The summed E-state index contributed by atoms with van der Waals surface area (Å²) in [7, 11) is 0. The van der Waals surface area contributed by atoms with Crippen LogP contribution < -0.4 is 0 Å². The summed E-state index contributed by atoms with van der Waals surface area (Å²) in [4.78, 5) is 0. The third kappa shape index (κ3) is 49.1. The molecule has 0 aromatic heterocycles. The molecular weight excluding hydrogens is 208 g/mol. The molecule has 0 spiro atoms. The minimum atomic E-state index is 0. The lowest BCUT2D eigenvalue weighted by atomic mass is 10.1.